The second-order valence-electron chi connectivity index (χ2n) is 3.83. The van der Waals surface area contributed by atoms with Gasteiger partial charge in [0.25, 0.3) is 0 Å². The first-order valence-corrected chi connectivity index (χ1v) is 6.97. The molecule has 0 aliphatic heterocycles. The smallest absolute Gasteiger partial charge is 0.313 e. The van der Waals surface area contributed by atoms with Crippen molar-refractivity contribution in [2.75, 3.05) is 12.4 Å². The largest absolute Gasteiger partial charge is 0.466 e. The van der Waals surface area contributed by atoms with Crippen LogP contribution in [0, 0.1) is 6.92 Å². The van der Waals surface area contributed by atoms with Crippen LogP contribution in [-0.2, 0) is 25.1 Å². The van der Waals surface area contributed by atoms with E-state index in [1.54, 1.807) is 25.1 Å². The van der Waals surface area contributed by atoms with E-state index >= 15 is 0 Å². The van der Waals surface area contributed by atoms with Crippen LogP contribution in [0.5, 0.6) is 0 Å². The molecule has 0 saturated heterocycles. The second-order valence-corrected chi connectivity index (χ2v) is 5.28. The minimum Gasteiger partial charge on any atom is -0.466 e. The van der Waals surface area contributed by atoms with E-state index in [0.29, 0.717) is 4.90 Å². The van der Waals surface area contributed by atoms with Crippen LogP contribution < -0.4 is 0 Å². The van der Waals surface area contributed by atoms with Crippen LogP contribution in [0.3, 0.4) is 0 Å². The molecule has 98 valence electrons. The first kappa shape index (κ1) is 14.6. The van der Waals surface area contributed by atoms with Crippen molar-refractivity contribution in [3.05, 3.63) is 29.8 Å². The molecule has 1 aromatic rings. The van der Waals surface area contributed by atoms with Crippen molar-refractivity contribution in [1.82, 2.24) is 0 Å². The molecule has 18 heavy (non-hydrogen) atoms. The van der Waals surface area contributed by atoms with Gasteiger partial charge >= 0.3 is 5.97 Å². The number of aryl methyl sites for hydroxylation is 1. The van der Waals surface area contributed by atoms with Crippen molar-refractivity contribution in [2.24, 2.45) is 0 Å². The molecule has 1 aromatic carbocycles. The lowest BCUT2D eigenvalue weighted by atomic mass is 10.2. The monoisotopic (exact) mass is 268 g/mol. The van der Waals surface area contributed by atoms with Crippen molar-refractivity contribution in [1.29, 1.82) is 0 Å². The zero-order valence-corrected chi connectivity index (χ0v) is 11.3. The first-order valence-electron chi connectivity index (χ1n) is 5.65. The molecule has 0 amide bonds. The van der Waals surface area contributed by atoms with E-state index in [1.807, 2.05) is 13.0 Å². The van der Waals surface area contributed by atoms with Gasteiger partial charge in [0.15, 0.2) is 5.78 Å². The summed E-state index contributed by atoms with van der Waals surface area (Å²) in [5.41, 5.74) is 0.985. The molecule has 1 atom stereocenters. The summed E-state index contributed by atoms with van der Waals surface area (Å²) in [7, 11) is -1.40. The minimum atomic E-state index is -1.40. The second kappa shape index (κ2) is 7.06. The molecule has 1 unspecified atom stereocenters. The third-order valence-corrected chi connectivity index (χ3v) is 3.56. The highest BCUT2D eigenvalue weighted by Gasteiger charge is 2.14. The number of carbonyl (C=O) groups is 2. The number of Topliss-reactive ketones (excluding diaryl/α,β-unsaturated/α-hetero) is 1. The minimum absolute atomic E-state index is 0.151. The predicted molar refractivity (Wildman–Crippen MR) is 68.7 cm³/mol. The highest BCUT2D eigenvalue weighted by atomic mass is 32.2. The Bertz CT molecular complexity index is 468. The van der Waals surface area contributed by atoms with Gasteiger partial charge < -0.3 is 4.74 Å². The van der Waals surface area contributed by atoms with E-state index < -0.39 is 16.8 Å². The lowest BCUT2D eigenvalue weighted by Crippen LogP contribution is -2.17. The molecule has 0 fully saturated rings. The van der Waals surface area contributed by atoms with Crippen LogP contribution in [0.15, 0.2) is 29.2 Å². The van der Waals surface area contributed by atoms with Gasteiger partial charge in [0.05, 0.1) is 23.2 Å². The van der Waals surface area contributed by atoms with Gasteiger partial charge in [0.1, 0.15) is 6.42 Å². The number of hydrogen-bond acceptors (Lipinski definition) is 4. The lowest BCUT2D eigenvalue weighted by Gasteiger charge is -2.03. The molecule has 0 aliphatic rings. The fourth-order valence-electron chi connectivity index (χ4n) is 1.41. The Kier molecular flexibility index (Phi) is 5.71. The molecular weight excluding hydrogens is 252 g/mol. The summed E-state index contributed by atoms with van der Waals surface area (Å²) in [6.45, 7) is 3.81. The van der Waals surface area contributed by atoms with E-state index in [-0.39, 0.29) is 24.6 Å². The number of ether oxygens (including phenoxy) is 1. The molecule has 5 heteroatoms. The van der Waals surface area contributed by atoms with E-state index in [9.17, 15) is 13.8 Å². The number of benzene rings is 1. The molecule has 0 heterocycles. The van der Waals surface area contributed by atoms with Gasteiger partial charge in [-0.2, -0.15) is 0 Å². The number of carbonyl (C=O) groups excluding carboxylic acids is 2. The maximum absolute atomic E-state index is 11.9. The van der Waals surface area contributed by atoms with Crippen LogP contribution in [0.25, 0.3) is 0 Å². The van der Waals surface area contributed by atoms with Crippen molar-refractivity contribution < 1.29 is 18.5 Å². The van der Waals surface area contributed by atoms with E-state index in [4.69, 9.17) is 0 Å². The van der Waals surface area contributed by atoms with E-state index in [1.165, 1.54) is 0 Å². The van der Waals surface area contributed by atoms with Crippen LogP contribution >= 0.6 is 0 Å². The molecule has 0 radical (unpaired) electrons. The number of esters is 1. The van der Waals surface area contributed by atoms with Crippen LogP contribution in [0.1, 0.15) is 18.9 Å². The third kappa shape index (κ3) is 4.79. The molecule has 0 saturated carbocycles. The van der Waals surface area contributed by atoms with Crippen LogP contribution in [-0.4, -0.2) is 28.3 Å². The topological polar surface area (TPSA) is 60.4 Å². The Hall–Kier alpha value is -1.49. The fraction of sp³-hybridized carbons (Fsp3) is 0.385. The standard InChI is InChI=1S/C13H16O4S/c1-3-17-13(15)8-11(14)9-18(16)12-6-4-5-10(2)7-12/h4-7H,3,8-9H2,1-2H3. The van der Waals surface area contributed by atoms with Gasteiger partial charge in [-0.15, -0.1) is 0 Å². The molecule has 0 aliphatic carbocycles. The zero-order valence-electron chi connectivity index (χ0n) is 10.5. The molecule has 4 nitrogen and oxygen atoms in total. The van der Waals surface area contributed by atoms with Gasteiger partial charge in [0.2, 0.25) is 0 Å². The third-order valence-electron chi connectivity index (χ3n) is 2.19. The maximum atomic E-state index is 11.9. The average molecular weight is 268 g/mol. The Balaban J connectivity index is 2.55. The fourth-order valence-corrected chi connectivity index (χ4v) is 2.52. The Morgan fingerprint density at radius 1 is 1.33 bits per heavy atom. The number of rotatable bonds is 6. The highest BCUT2D eigenvalue weighted by Crippen LogP contribution is 2.09. The summed E-state index contributed by atoms with van der Waals surface area (Å²) < 4.78 is 16.5. The zero-order chi connectivity index (χ0) is 13.5. The van der Waals surface area contributed by atoms with Gasteiger partial charge in [-0.05, 0) is 31.5 Å². The molecule has 0 spiro atoms. The van der Waals surface area contributed by atoms with Crippen LogP contribution in [0.2, 0.25) is 0 Å². The summed E-state index contributed by atoms with van der Waals surface area (Å²) in [6.07, 6.45) is -0.314. The molecular formula is C13H16O4S. The van der Waals surface area contributed by atoms with Gasteiger partial charge in [-0.1, -0.05) is 12.1 Å². The predicted octanol–water partition coefficient (Wildman–Crippen LogP) is 1.62. The van der Waals surface area contributed by atoms with Crippen LogP contribution in [0.4, 0.5) is 0 Å². The van der Waals surface area contributed by atoms with Gasteiger partial charge in [-0.25, -0.2) is 0 Å². The van der Waals surface area contributed by atoms with Crippen molar-refractivity contribution in [3.63, 3.8) is 0 Å². The molecule has 0 N–H and O–H groups in total. The number of ketones is 1. The Morgan fingerprint density at radius 2 is 2.06 bits per heavy atom. The Labute approximate surface area is 109 Å². The van der Waals surface area contributed by atoms with E-state index in [0.717, 1.165) is 5.56 Å². The summed E-state index contributed by atoms with van der Waals surface area (Å²) in [5.74, 6) is -1.08. The lowest BCUT2D eigenvalue weighted by molar-refractivity contribution is -0.145. The normalized spacial score (nSPS) is 11.9. The first-order chi connectivity index (χ1) is 8.52. The highest BCUT2D eigenvalue weighted by molar-refractivity contribution is 7.85. The maximum Gasteiger partial charge on any atom is 0.313 e. The Morgan fingerprint density at radius 3 is 2.67 bits per heavy atom. The van der Waals surface area contributed by atoms with Crippen molar-refractivity contribution in [3.8, 4) is 0 Å². The molecule has 1 rings (SSSR count). The molecule has 0 aromatic heterocycles. The summed E-state index contributed by atoms with van der Waals surface area (Å²) in [6, 6.07) is 7.16. The summed E-state index contributed by atoms with van der Waals surface area (Å²) in [5, 5.41) is 0. The average Bonchev–Trinajstić information content (AvgIpc) is 2.28. The van der Waals surface area contributed by atoms with Crippen molar-refractivity contribution in [2.45, 2.75) is 25.2 Å². The quantitative estimate of drug-likeness (QED) is 0.581. The SMILES string of the molecule is CCOC(=O)CC(=O)CS(=O)c1cccc(C)c1. The summed E-state index contributed by atoms with van der Waals surface area (Å²) in [4.78, 5) is 23.2. The number of hydrogen-bond donors (Lipinski definition) is 0. The van der Waals surface area contributed by atoms with E-state index in [2.05, 4.69) is 4.74 Å². The van der Waals surface area contributed by atoms with Gasteiger partial charge in [0, 0.05) is 4.90 Å². The summed E-state index contributed by atoms with van der Waals surface area (Å²) >= 11 is 0. The van der Waals surface area contributed by atoms with Crippen molar-refractivity contribution >= 4 is 22.6 Å². The molecule has 0 bridgehead atoms. The van der Waals surface area contributed by atoms with Gasteiger partial charge in [-0.3, -0.25) is 13.8 Å².